The zero-order valence-electron chi connectivity index (χ0n) is 6.73. The molecule has 0 aromatic rings. The zero-order chi connectivity index (χ0) is 8.41. The normalized spacial score (nSPS) is 9.40. The SMILES string of the molecule is CCN(CC)CC.I[IH]I. The predicted octanol–water partition coefficient (Wildman–Crippen LogP) is 3.74. The van der Waals surface area contributed by atoms with Gasteiger partial charge in [-0.05, 0) is 19.6 Å². The van der Waals surface area contributed by atoms with Crippen molar-refractivity contribution in [1.29, 1.82) is 0 Å². The van der Waals surface area contributed by atoms with E-state index in [2.05, 4.69) is 62.9 Å². The number of nitrogens with zero attached hydrogens (tertiary/aromatic N) is 1. The van der Waals surface area contributed by atoms with Crippen molar-refractivity contribution in [3.8, 4) is 0 Å². The van der Waals surface area contributed by atoms with Crippen LogP contribution in [0.1, 0.15) is 20.8 Å². The molecule has 0 aliphatic carbocycles. The topological polar surface area (TPSA) is 3.24 Å². The van der Waals surface area contributed by atoms with Crippen LogP contribution in [0.25, 0.3) is 0 Å². The molecule has 0 radical (unpaired) electrons. The standard InChI is InChI=1S/C6H15N.HI3/c1-4-7(5-2)6-3;1-3-2/h4-6H2,1-3H3;3H. The number of hydrogen-bond donors (Lipinski definition) is 0. The summed E-state index contributed by atoms with van der Waals surface area (Å²) in [6.07, 6.45) is 0. The molecule has 0 spiro atoms. The van der Waals surface area contributed by atoms with Gasteiger partial charge in [0.1, 0.15) is 0 Å². The average molecular weight is 483 g/mol. The van der Waals surface area contributed by atoms with Crippen molar-refractivity contribution in [3.63, 3.8) is 0 Å². The van der Waals surface area contributed by atoms with Crippen LogP contribution in [0.15, 0.2) is 0 Å². The Hall–Kier alpha value is 2.15. The monoisotopic (exact) mass is 483 g/mol. The third-order valence-corrected chi connectivity index (χ3v) is 1.34. The molecule has 66 valence electrons. The fraction of sp³-hybridized carbons (Fsp3) is 1.00. The van der Waals surface area contributed by atoms with E-state index in [1.54, 1.807) is 0 Å². The van der Waals surface area contributed by atoms with Crippen LogP contribution in [0.5, 0.6) is 0 Å². The molecule has 0 aliphatic heterocycles. The molecule has 1 nitrogen and oxygen atoms in total. The number of rotatable bonds is 3. The van der Waals surface area contributed by atoms with Crippen LogP contribution >= 0.6 is 50.5 Å². The van der Waals surface area contributed by atoms with E-state index < -0.39 is 0 Å². The van der Waals surface area contributed by atoms with Crippen LogP contribution in [-0.4, -0.2) is 24.5 Å². The minimum absolute atomic E-state index is 0.410. The summed E-state index contributed by atoms with van der Waals surface area (Å²) in [5.74, 6) is 0. The second-order valence-corrected chi connectivity index (χ2v) is 19.2. The van der Waals surface area contributed by atoms with Crippen molar-refractivity contribution >= 4 is 50.5 Å². The third kappa shape index (κ3) is 12.8. The first kappa shape index (κ1) is 14.7. The fourth-order valence-electron chi connectivity index (χ4n) is 0.671. The Balaban J connectivity index is 0. The molecule has 0 rings (SSSR count). The quantitative estimate of drug-likeness (QED) is 0.554. The van der Waals surface area contributed by atoms with Crippen LogP contribution in [0.2, 0.25) is 0 Å². The first-order valence-electron chi connectivity index (χ1n) is 3.38. The van der Waals surface area contributed by atoms with E-state index in [0.717, 1.165) is 0 Å². The summed E-state index contributed by atoms with van der Waals surface area (Å²) >= 11 is 5.22. The third-order valence-electron chi connectivity index (χ3n) is 1.34. The van der Waals surface area contributed by atoms with E-state index in [4.69, 9.17) is 0 Å². The minimum atomic E-state index is 0.410. The number of halogens is 3. The maximum atomic E-state index is 2.41. The van der Waals surface area contributed by atoms with E-state index in [-0.39, 0.29) is 0 Å². The van der Waals surface area contributed by atoms with Crippen molar-refractivity contribution in [2.75, 3.05) is 19.6 Å². The van der Waals surface area contributed by atoms with Gasteiger partial charge in [-0.1, -0.05) is 20.8 Å². The molecule has 0 atom stereocenters. The molecule has 0 bridgehead atoms. The van der Waals surface area contributed by atoms with Gasteiger partial charge >= 0.3 is 50.5 Å². The molecule has 0 aromatic carbocycles. The van der Waals surface area contributed by atoms with E-state index in [1.807, 2.05) is 0 Å². The summed E-state index contributed by atoms with van der Waals surface area (Å²) in [4.78, 5) is 2.38. The second-order valence-electron chi connectivity index (χ2n) is 1.68. The Morgan fingerprint density at radius 3 is 1.20 bits per heavy atom. The predicted molar refractivity (Wildman–Crippen MR) is 76.9 cm³/mol. The Labute approximate surface area is 94.3 Å². The summed E-state index contributed by atoms with van der Waals surface area (Å²) in [6, 6.07) is 0. The van der Waals surface area contributed by atoms with Gasteiger partial charge in [-0.2, -0.15) is 0 Å². The van der Waals surface area contributed by atoms with Crippen LogP contribution in [0.4, 0.5) is 0 Å². The van der Waals surface area contributed by atoms with Crippen LogP contribution < -0.4 is 0 Å². The van der Waals surface area contributed by atoms with Crippen LogP contribution in [-0.2, 0) is 0 Å². The van der Waals surface area contributed by atoms with Crippen molar-refractivity contribution in [2.24, 2.45) is 0 Å². The van der Waals surface area contributed by atoms with Crippen LogP contribution in [0, 0.1) is 0 Å². The van der Waals surface area contributed by atoms with Gasteiger partial charge in [0.05, 0.1) is 0 Å². The Bertz CT molecular complexity index is 42.7. The van der Waals surface area contributed by atoms with Gasteiger partial charge in [-0.3, -0.25) is 0 Å². The summed E-state index contributed by atoms with van der Waals surface area (Å²) in [7, 11) is 0. The fourth-order valence-corrected chi connectivity index (χ4v) is 0.671. The molecule has 0 aromatic heterocycles. The van der Waals surface area contributed by atoms with E-state index in [0.29, 0.717) is 13.3 Å². The van der Waals surface area contributed by atoms with E-state index >= 15 is 0 Å². The van der Waals surface area contributed by atoms with Gasteiger partial charge in [0.2, 0.25) is 0 Å². The second kappa shape index (κ2) is 13.7. The molecule has 4 heteroatoms. The molecule has 0 heterocycles. The molecule has 0 saturated carbocycles. The molecule has 10 heavy (non-hydrogen) atoms. The van der Waals surface area contributed by atoms with Crippen molar-refractivity contribution in [2.45, 2.75) is 20.8 Å². The summed E-state index contributed by atoms with van der Waals surface area (Å²) in [6.45, 7) is 10.1. The molecular formula is C6H16I3N. The Kier molecular flexibility index (Phi) is 20.1. The average Bonchev–Trinajstić information content (AvgIpc) is 1.93. The molecule has 0 unspecified atom stereocenters. The van der Waals surface area contributed by atoms with Gasteiger partial charge in [-0.25, -0.2) is 0 Å². The van der Waals surface area contributed by atoms with E-state index in [1.165, 1.54) is 19.6 Å². The van der Waals surface area contributed by atoms with Crippen molar-refractivity contribution < 1.29 is 0 Å². The maximum absolute atomic E-state index is 2.41. The molecular weight excluding hydrogens is 467 g/mol. The summed E-state index contributed by atoms with van der Waals surface area (Å²) in [5, 5.41) is 0. The van der Waals surface area contributed by atoms with E-state index in [9.17, 15) is 0 Å². The van der Waals surface area contributed by atoms with Crippen molar-refractivity contribution in [3.05, 3.63) is 0 Å². The first-order chi connectivity index (χ1) is 4.76. The van der Waals surface area contributed by atoms with Crippen molar-refractivity contribution in [1.82, 2.24) is 4.90 Å². The molecule has 0 N–H and O–H groups in total. The number of hydrogen-bond acceptors (Lipinski definition) is 1. The molecule has 0 amide bonds. The van der Waals surface area contributed by atoms with Gasteiger partial charge in [0.15, 0.2) is 0 Å². The molecule has 0 fully saturated rings. The first-order valence-corrected chi connectivity index (χ1v) is 17.0. The summed E-state index contributed by atoms with van der Waals surface area (Å²) < 4.78 is 0. The Morgan fingerprint density at radius 2 is 1.20 bits per heavy atom. The van der Waals surface area contributed by atoms with Gasteiger partial charge in [-0.15, -0.1) is 0 Å². The van der Waals surface area contributed by atoms with Crippen LogP contribution in [0.3, 0.4) is 0 Å². The van der Waals surface area contributed by atoms with Gasteiger partial charge < -0.3 is 4.90 Å². The summed E-state index contributed by atoms with van der Waals surface area (Å²) in [5.41, 5.74) is 0. The Morgan fingerprint density at radius 1 is 1.00 bits per heavy atom. The van der Waals surface area contributed by atoms with Gasteiger partial charge in [0.25, 0.3) is 0 Å². The zero-order valence-corrected chi connectivity index (χ0v) is 13.4. The van der Waals surface area contributed by atoms with Gasteiger partial charge in [0, 0.05) is 0 Å². The molecule has 0 aliphatic rings. The molecule has 0 saturated heterocycles.